The molecule has 7 heteroatoms. The highest BCUT2D eigenvalue weighted by Gasteiger charge is 2.16. The lowest BCUT2D eigenvalue weighted by atomic mass is 10.2. The zero-order chi connectivity index (χ0) is 17.8. The third-order valence-electron chi connectivity index (χ3n) is 3.45. The molecule has 25 heavy (non-hydrogen) atoms. The molecule has 0 N–H and O–H groups in total. The first-order valence-electron chi connectivity index (χ1n) is 7.49. The molecule has 3 rings (SSSR count). The number of aromatic nitrogens is 2. The van der Waals surface area contributed by atoms with E-state index in [0.29, 0.717) is 33.1 Å². The predicted molar refractivity (Wildman–Crippen MR) is 93.0 cm³/mol. The van der Waals surface area contributed by atoms with Crippen LogP contribution >= 0.6 is 11.6 Å². The first-order valence-corrected chi connectivity index (χ1v) is 7.87. The van der Waals surface area contributed by atoms with Crippen LogP contribution in [0.15, 0.2) is 48.8 Å². The number of carbonyl (C=O) groups excluding carboxylic acids is 1. The van der Waals surface area contributed by atoms with Gasteiger partial charge in [-0.25, -0.2) is 14.8 Å². The van der Waals surface area contributed by atoms with Gasteiger partial charge in [-0.1, -0.05) is 29.8 Å². The summed E-state index contributed by atoms with van der Waals surface area (Å²) in [4.78, 5) is 20.2. The maximum absolute atomic E-state index is 12.1. The summed E-state index contributed by atoms with van der Waals surface area (Å²) >= 11 is 6.09. The summed E-state index contributed by atoms with van der Waals surface area (Å²) in [6.45, 7) is 1.62. The number of esters is 1. The van der Waals surface area contributed by atoms with Gasteiger partial charge in [0.25, 0.3) is 0 Å². The Balaban J connectivity index is 1.81. The second-order valence-electron chi connectivity index (χ2n) is 5.14. The molecule has 1 heterocycles. The quantitative estimate of drug-likeness (QED) is 0.391. The number of fused-ring (bicyclic) bond motifs is 1. The fraction of sp³-hybridized carbons (Fsp3) is 0.167. The fourth-order valence-electron chi connectivity index (χ4n) is 2.28. The van der Waals surface area contributed by atoms with E-state index in [1.165, 1.54) is 13.4 Å². The van der Waals surface area contributed by atoms with E-state index >= 15 is 0 Å². The van der Waals surface area contributed by atoms with Crippen LogP contribution in [0.25, 0.3) is 10.9 Å². The molecule has 0 fully saturated rings. The highest BCUT2D eigenvalue weighted by atomic mass is 35.5. The molecule has 3 aromatic rings. The molecule has 0 aliphatic carbocycles. The molecule has 1 unspecified atom stereocenters. The van der Waals surface area contributed by atoms with Crippen LogP contribution in [0, 0.1) is 0 Å². The standard InChI is InChI=1S/C18H15ClN2O4/c1-11(25-18(22)12-6-4-3-5-7-12)24-16-8-13-14(9-15(16)23-2)20-10-21-17(13)19/h3-11H,1-2H3. The molecule has 128 valence electrons. The Labute approximate surface area is 149 Å². The lowest BCUT2D eigenvalue weighted by molar-refractivity contribution is -0.0380. The van der Waals surface area contributed by atoms with Crippen LogP contribution in [-0.4, -0.2) is 29.3 Å². The van der Waals surface area contributed by atoms with Crippen molar-refractivity contribution < 1.29 is 19.0 Å². The van der Waals surface area contributed by atoms with Crippen molar-refractivity contribution in [1.29, 1.82) is 0 Å². The van der Waals surface area contributed by atoms with E-state index in [4.69, 9.17) is 25.8 Å². The van der Waals surface area contributed by atoms with Gasteiger partial charge < -0.3 is 14.2 Å². The molecule has 1 aromatic heterocycles. The van der Waals surface area contributed by atoms with Crippen LogP contribution < -0.4 is 9.47 Å². The fourth-order valence-corrected chi connectivity index (χ4v) is 2.48. The maximum Gasteiger partial charge on any atom is 0.341 e. The van der Waals surface area contributed by atoms with Gasteiger partial charge in [-0.3, -0.25) is 0 Å². The van der Waals surface area contributed by atoms with Crippen molar-refractivity contribution in [2.24, 2.45) is 0 Å². The molecular formula is C18H15ClN2O4. The first-order chi connectivity index (χ1) is 12.1. The summed E-state index contributed by atoms with van der Waals surface area (Å²) in [6.07, 6.45) is 0.539. The summed E-state index contributed by atoms with van der Waals surface area (Å²) in [7, 11) is 1.51. The van der Waals surface area contributed by atoms with Gasteiger partial charge in [0.2, 0.25) is 6.29 Å². The molecule has 0 radical (unpaired) electrons. The molecule has 6 nitrogen and oxygen atoms in total. The number of hydrogen-bond acceptors (Lipinski definition) is 6. The summed E-state index contributed by atoms with van der Waals surface area (Å²) in [6, 6.07) is 12.0. The van der Waals surface area contributed by atoms with E-state index in [1.54, 1.807) is 43.3 Å². The van der Waals surface area contributed by atoms with Crippen molar-refractivity contribution in [3.05, 3.63) is 59.5 Å². The van der Waals surface area contributed by atoms with Crippen LogP contribution in [0.4, 0.5) is 0 Å². The van der Waals surface area contributed by atoms with E-state index in [1.807, 2.05) is 6.07 Å². The van der Waals surface area contributed by atoms with E-state index in [-0.39, 0.29) is 0 Å². The lowest BCUT2D eigenvalue weighted by Gasteiger charge is -2.18. The van der Waals surface area contributed by atoms with E-state index in [0.717, 1.165) is 0 Å². The number of ether oxygens (including phenoxy) is 3. The molecular weight excluding hydrogens is 344 g/mol. The van der Waals surface area contributed by atoms with Crippen molar-refractivity contribution >= 4 is 28.5 Å². The number of rotatable bonds is 5. The molecule has 1 atom stereocenters. The van der Waals surface area contributed by atoms with E-state index in [2.05, 4.69) is 9.97 Å². The molecule has 0 saturated carbocycles. The summed E-state index contributed by atoms with van der Waals surface area (Å²) in [5, 5.41) is 0.910. The Kier molecular flexibility index (Phi) is 5.00. The average molecular weight is 359 g/mol. The Morgan fingerprint density at radius 1 is 1.12 bits per heavy atom. The van der Waals surface area contributed by atoms with Crippen molar-refractivity contribution in [3.8, 4) is 11.5 Å². The Bertz CT molecular complexity index is 902. The van der Waals surface area contributed by atoms with Gasteiger partial charge in [-0.2, -0.15) is 0 Å². The number of halogens is 1. The Morgan fingerprint density at radius 2 is 1.88 bits per heavy atom. The van der Waals surface area contributed by atoms with Gasteiger partial charge in [-0.05, 0) is 18.2 Å². The van der Waals surface area contributed by atoms with Crippen molar-refractivity contribution in [2.45, 2.75) is 13.2 Å². The largest absolute Gasteiger partial charge is 0.493 e. The number of hydrogen-bond donors (Lipinski definition) is 0. The second kappa shape index (κ2) is 7.36. The van der Waals surface area contributed by atoms with Crippen LogP contribution in [0.1, 0.15) is 17.3 Å². The summed E-state index contributed by atoms with van der Waals surface area (Å²) < 4.78 is 16.3. The smallest absolute Gasteiger partial charge is 0.341 e. The Morgan fingerprint density at radius 3 is 2.60 bits per heavy atom. The first kappa shape index (κ1) is 17.0. The van der Waals surface area contributed by atoms with Gasteiger partial charge >= 0.3 is 5.97 Å². The second-order valence-corrected chi connectivity index (χ2v) is 5.50. The van der Waals surface area contributed by atoms with Crippen LogP contribution in [0.3, 0.4) is 0 Å². The monoisotopic (exact) mass is 358 g/mol. The third kappa shape index (κ3) is 3.80. The van der Waals surface area contributed by atoms with Crippen LogP contribution in [0.2, 0.25) is 5.15 Å². The molecule has 2 aromatic carbocycles. The minimum Gasteiger partial charge on any atom is -0.493 e. The number of methoxy groups -OCH3 is 1. The molecule has 0 saturated heterocycles. The summed E-state index contributed by atoms with van der Waals surface area (Å²) in [5.74, 6) is 0.346. The predicted octanol–water partition coefficient (Wildman–Crippen LogP) is 3.87. The lowest BCUT2D eigenvalue weighted by Crippen LogP contribution is -2.21. The minimum atomic E-state index is -0.831. The zero-order valence-electron chi connectivity index (χ0n) is 13.6. The summed E-state index contributed by atoms with van der Waals surface area (Å²) in [5.41, 5.74) is 1.07. The van der Waals surface area contributed by atoms with Crippen molar-refractivity contribution in [1.82, 2.24) is 9.97 Å². The molecule has 0 aliphatic heterocycles. The molecule has 0 spiro atoms. The topological polar surface area (TPSA) is 70.5 Å². The Hall–Kier alpha value is -2.86. The zero-order valence-corrected chi connectivity index (χ0v) is 14.4. The molecule has 0 bridgehead atoms. The minimum absolute atomic E-state index is 0.298. The van der Waals surface area contributed by atoms with E-state index in [9.17, 15) is 4.79 Å². The van der Waals surface area contributed by atoms with Gasteiger partial charge in [0.1, 0.15) is 11.5 Å². The van der Waals surface area contributed by atoms with Gasteiger partial charge in [0, 0.05) is 18.4 Å². The molecule has 0 aliphatic rings. The number of benzene rings is 2. The van der Waals surface area contributed by atoms with E-state index < -0.39 is 12.3 Å². The highest BCUT2D eigenvalue weighted by Crippen LogP contribution is 2.34. The van der Waals surface area contributed by atoms with Crippen molar-refractivity contribution in [2.75, 3.05) is 7.11 Å². The van der Waals surface area contributed by atoms with Gasteiger partial charge in [0.15, 0.2) is 11.5 Å². The SMILES string of the molecule is COc1cc2ncnc(Cl)c2cc1OC(C)OC(=O)c1ccccc1. The van der Waals surface area contributed by atoms with Crippen LogP contribution in [0.5, 0.6) is 11.5 Å². The molecule has 0 amide bonds. The van der Waals surface area contributed by atoms with Gasteiger partial charge in [0.05, 0.1) is 18.2 Å². The highest BCUT2D eigenvalue weighted by molar-refractivity contribution is 6.34. The van der Waals surface area contributed by atoms with Crippen LogP contribution in [-0.2, 0) is 4.74 Å². The maximum atomic E-state index is 12.1. The normalized spacial score (nSPS) is 11.8. The number of nitrogens with zero attached hydrogens (tertiary/aromatic N) is 2. The van der Waals surface area contributed by atoms with Gasteiger partial charge in [-0.15, -0.1) is 0 Å². The average Bonchev–Trinajstić information content (AvgIpc) is 2.62. The van der Waals surface area contributed by atoms with Crippen molar-refractivity contribution in [3.63, 3.8) is 0 Å². The number of carbonyl (C=O) groups is 1. The third-order valence-corrected chi connectivity index (χ3v) is 3.75.